The highest BCUT2D eigenvalue weighted by atomic mass is 35.5. The van der Waals surface area contributed by atoms with Crippen molar-refractivity contribution in [3.8, 4) is 9.88 Å². The fourth-order valence-electron chi connectivity index (χ4n) is 2.50. The maximum atomic E-state index is 12.2. The average molecular weight is 356 g/mol. The summed E-state index contributed by atoms with van der Waals surface area (Å²) in [5.74, 6) is 0.501. The van der Waals surface area contributed by atoms with Gasteiger partial charge in [-0.3, -0.25) is 4.79 Å². The molecule has 3 N–H and O–H groups in total. The van der Waals surface area contributed by atoms with Crippen LogP contribution in [0.2, 0.25) is 4.34 Å². The van der Waals surface area contributed by atoms with Crippen LogP contribution in [-0.2, 0) is 11.2 Å². The number of hydrogen-bond acceptors (Lipinski definition) is 5. The monoisotopic (exact) mass is 355 g/mol. The molecule has 0 aliphatic heterocycles. The molecule has 2 aromatic heterocycles. The zero-order chi connectivity index (χ0) is 15.7. The van der Waals surface area contributed by atoms with Gasteiger partial charge in [0.1, 0.15) is 5.01 Å². The molecule has 22 heavy (non-hydrogen) atoms. The molecule has 2 heterocycles. The van der Waals surface area contributed by atoms with Gasteiger partial charge in [-0.15, -0.1) is 22.7 Å². The van der Waals surface area contributed by atoms with Crippen molar-refractivity contribution in [3.63, 3.8) is 0 Å². The van der Waals surface area contributed by atoms with E-state index in [1.54, 1.807) is 0 Å². The molecule has 1 aliphatic rings. The Hall–Kier alpha value is -0.950. The second-order valence-electron chi connectivity index (χ2n) is 5.87. The van der Waals surface area contributed by atoms with E-state index < -0.39 is 0 Å². The molecule has 0 spiro atoms. The average Bonchev–Trinajstić information content (AvgIpc) is 3.11. The molecule has 2 aromatic rings. The van der Waals surface area contributed by atoms with E-state index in [4.69, 9.17) is 17.3 Å². The van der Waals surface area contributed by atoms with Crippen molar-refractivity contribution in [2.45, 2.75) is 31.7 Å². The lowest BCUT2D eigenvalue weighted by molar-refractivity contribution is -0.122. The molecule has 1 unspecified atom stereocenters. The Morgan fingerprint density at radius 3 is 2.91 bits per heavy atom. The summed E-state index contributed by atoms with van der Waals surface area (Å²) in [7, 11) is 0. The van der Waals surface area contributed by atoms with E-state index in [0.29, 0.717) is 12.5 Å². The van der Waals surface area contributed by atoms with Gasteiger partial charge < -0.3 is 11.1 Å². The maximum absolute atomic E-state index is 12.2. The third-order valence-electron chi connectivity index (χ3n) is 4.00. The van der Waals surface area contributed by atoms with Crippen LogP contribution in [0.3, 0.4) is 0 Å². The van der Waals surface area contributed by atoms with Crippen molar-refractivity contribution >= 4 is 40.2 Å². The highest BCUT2D eigenvalue weighted by molar-refractivity contribution is 7.23. The molecular weight excluding hydrogens is 338 g/mol. The summed E-state index contributed by atoms with van der Waals surface area (Å²) in [6.07, 6.45) is 2.58. The second kappa shape index (κ2) is 6.28. The standard InChI is InChI=1S/C15H18ClN3OS2/c1-15(8-17,9-2-3-9)19-13(20)6-10-7-21-14(18-10)11-4-5-12(16)22-11/h4-5,7,9H,2-3,6,8,17H2,1H3,(H,19,20). The van der Waals surface area contributed by atoms with Gasteiger partial charge in [0.25, 0.3) is 0 Å². The van der Waals surface area contributed by atoms with E-state index in [1.165, 1.54) is 22.7 Å². The molecule has 7 heteroatoms. The number of halogens is 1. The molecule has 1 atom stereocenters. The van der Waals surface area contributed by atoms with Crippen LogP contribution in [0.4, 0.5) is 0 Å². The first kappa shape index (κ1) is 15.9. The molecule has 1 fully saturated rings. The molecule has 3 rings (SSSR count). The number of amides is 1. The maximum Gasteiger partial charge on any atom is 0.226 e. The minimum absolute atomic E-state index is 0.0130. The summed E-state index contributed by atoms with van der Waals surface area (Å²) in [6, 6.07) is 3.81. The summed E-state index contributed by atoms with van der Waals surface area (Å²) in [5.41, 5.74) is 6.34. The van der Waals surface area contributed by atoms with Gasteiger partial charge in [-0.25, -0.2) is 4.98 Å². The normalized spacial score (nSPS) is 17.2. The second-order valence-corrected chi connectivity index (χ2v) is 8.44. The number of carbonyl (C=O) groups is 1. The number of rotatable bonds is 6. The Balaban J connectivity index is 1.63. The molecule has 0 radical (unpaired) electrons. The Bertz CT molecular complexity index is 680. The van der Waals surface area contributed by atoms with Crippen molar-refractivity contribution in [1.82, 2.24) is 10.3 Å². The van der Waals surface area contributed by atoms with Crippen LogP contribution in [0.15, 0.2) is 17.5 Å². The number of nitrogens with one attached hydrogen (secondary N) is 1. The van der Waals surface area contributed by atoms with Crippen molar-refractivity contribution in [3.05, 3.63) is 27.5 Å². The Morgan fingerprint density at radius 2 is 2.32 bits per heavy atom. The lowest BCUT2D eigenvalue weighted by Crippen LogP contribution is -2.53. The Labute approximate surface area is 142 Å². The van der Waals surface area contributed by atoms with Gasteiger partial charge in [-0.2, -0.15) is 0 Å². The Kier molecular flexibility index (Phi) is 4.54. The number of carbonyl (C=O) groups excluding carboxylic acids is 1. The van der Waals surface area contributed by atoms with Crippen LogP contribution < -0.4 is 11.1 Å². The van der Waals surface area contributed by atoms with Crippen molar-refractivity contribution in [1.29, 1.82) is 0 Å². The van der Waals surface area contributed by atoms with Crippen LogP contribution in [0.1, 0.15) is 25.5 Å². The highest BCUT2D eigenvalue weighted by Crippen LogP contribution is 2.39. The van der Waals surface area contributed by atoms with Crippen molar-refractivity contribution < 1.29 is 4.79 Å². The first-order valence-corrected chi connectivity index (χ1v) is 9.29. The third kappa shape index (κ3) is 3.51. The number of aromatic nitrogens is 1. The van der Waals surface area contributed by atoms with Crippen LogP contribution in [0.25, 0.3) is 9.88 Å². The zero-order valence-corrected chi connectivity index (χ0v) is 14.7. The molecule has 0 aromatic carbocycles. The summed E-state index contributed by atoms with van der Waals surface area (Å²) >= 11 is 8.98. The molecule has 1 saturated carbocycles. The number of thiazole rings is 1. The highest BCUT2D eigenvalue weighted by Gasteiger charge is 2.41. The van der Waals surface area contributed by atoms with Gasteiger partial charge in [0.05, 0.1) is 26.9 Å². The van der Waals surface area contributed by atoms with E-state index in [2.05, 4.69) is 10.3 Å². The van der Waals surface area contributed by atoms with Gasteiger partial charge >= 0.3 is 0 Å². The third-order valence-corrected chi connectivity index (χ3v) is 6.30. The summed E-state index contributed by atoms with van der Waals surface area (Å²) < 4.78 is 0.743. The molecule has 4 nitrogen and oxygen atoms in total. The largest absolute Gasteiger partial charge is 0.349 e. The molecule has 118 valence electrons. The SMILES string of the molecule is CC(CN)(NC(=O)Cc1csc(-c2ccc(Cl)s2)n1)C1CC1. The fraction of sp³-hybridized carbons (Fsp3) is 0.467. The van der Waals surface area contributed by atoms with Crippen LogP contribution >= 0.6 is 34.3 Å². The van der Waals surface area contributed by atoms with Crippen LogP contribution in [0.5, 0.6) is 0 Å². The van der Waals surface area contributed by atoms with E-state index in [9.17, 15) is 4.79 Å². The van der Waals surface area contributed by atoms with Gasteiger partial charge in [0.2, 0.25) is 5.91 Å². The fourth-order valence-corrected chi connectivity index (χ4v) is 4.43. The van der Waals surface area contributed by atoms with E-state index >= 15 is 0 Å². The van der Waals surface area contributed by atoms with E-state index in [1.807, 2.05) is 24.4 Å². The lowest BCUT2D eigenvalue weighted by atomic mass is 9.95. The Morgan fingerprint density at radius 1 is 1.55 bits per heavy atom. The summed E-state index contributed by atoms with van der Waals surface area (Å²) in [4.78, 5) is 17.8. The van der Waals surface area contributed by atoms with Gasteiger partial charge in [0, 0.05) is 11.9 Å². The predicted molar refractivity (Wildman–Crippen MR) is 92.5 cm³/mol. The lowest BCUT2D eigenvalue weighted by Gasteiger charge is -2.29. The minimum Gasteiger partial charge on any atom is -0.349 e. The molecule has 0 saturated heterocycles. The topological polar surface area (TPSA) is 68.0 Å². The predicted octanol–water partition coefficient (Wildman–Crippen LogP) is 3.31. The zero-order valence-electron chi connectivity index (χ0n) is 12.3. The molecule has 1 amide bonds. The number of nitrogens with zero attached hydrogens (tertiary/aromatic N) is 1. The van der Waals surface area contributed by atoms with Crippen LogP contribution in [0, 0.1) is 5.92 Å². The van der Waals surface area contributed by atoms with E-state index in [-0.39, 0.29) is 17.9 Å². The first-order valence-electron chi connectivity index (χ1n) is 7.21. The first-order chi connectivity index (χ1) is 10.5. The van der Waals surface area contributed by atoms with Crippen molar-refractivity contribution in [2.24, 2.45) is 11.7 Å². The number of nitrogens with two attached hydrogens (primary N) is 1. The molecule has 1 aliphatic carbocycles. The summed E-state index contributed by atoms with van der Waals surface area (Å²) in [6.45, 7) is 2.50. The van der Waals surface area contributed by atoms with Gasteiger partial charge in [0.15, 0.2) is 0 Å². The molecular formula is C15H18ClN3OS2. The quantitative estimate of drug-likeness (QED) is 0.835. The minimum atomic E-state index is -0.281. The summed E-state index contributed by atoms with van der Waals surface area (Å²) in [5, 5.41) is 5.92. The van der Waals surface area contributed by atoms with Crippen molar-refractivity contribution in [2.75, 3.05) is 6.54 Å². The number of thiophene rings is 1. The van der Waals surface area contributed by atoms with Gasteiger partial charge in [-0.1, -0.05) is 11.6 Å². The van der Waals surface area contributed by atoms with Crippen LogP contribution in [-0.4, -0.2) is 23.0 Å². The smallest absolute Gasteiger partial charge is 0.226 e. The van der Waals surface area contributed by atoms with Gasteiger partial charge in [-0.05, 0) is 37.8 Å². The number of hydrogen-bond donors (Lipinski definition) is 2. The molecule has 0 bridgehead atoms. The van der Waals surface area contributed by atoms with E-state index in [0.717, 1.165) is 32.8 Å².